The van der Waals surface area contributed by atoms with Crippen LogP contribution in [-0.4, -0.2) is 36.3 Å². The summed E-state index contributed by atoms with van der Waals surface area (Å²) in [6.07, 6.45) is 3.65. The van der Waals surface area contributed by atoms with Gasteiger partial charge in [-0.15, -0.1) is 0 Å². The number of aryl methyl sites for hydroxylation is 1. The van der Waals surface area contributed by atoms with Crippen LogP contribution in [0.1, 0.15) is 5.69 Å². The van der Waals surface area contributed by atoms with E-state index in [9.17, 15) is 0 Å². The number of aromatic nitrogens is 2. The van der Waals surface area contributed by atoms with E-state index in [1.807, 2.05) is 18.3 Å². The van der Waals surface area contributed by atoms with E-state index >= 15 is 0 Å². The molecule has 94 valence electrons. The van der Waals surface area contributed by atoms with Gasteiger partial charge in [0.05, 0.1) is 18.9 Å². The Morgan fingerprint density at radius 1 is 1.33 bits per heavy atom. The fourth-order valence-corrected chi connectivity index (χ4v) is 3.17. The largest absolute Gasteiger partial charge is 0.378 e. The molecule has 1 aliphatic heterocycles. The molecule has 0 bridgehead atoms. The number of anilines is 1. The molecule has 0 spiro atoms. The zero-order chi connectivity index (χ0) is 12.4. The van der Waals surface area contributed by atoms with Crippen molar-refractivity contribution in [3.05, 3.63) is 30.2 Å². The third-order valence-electron chi connectivity index (χ3n) is 2.98. The summed E-state index contributed by atoms with van der Waals surface area (Å²) >= 11 is 1.74. The molecular weight excluding hydrogens is 246 g/mol. The van der Waals surface area contributed by atoms with Crippen LogP contribution in [0.25, 0.3) is 10.6 Å². The molecule has 1 saturated heterocycles. The Labute approximate surface area is 110 Å². The van der Waals surface area contributed by atoms with Crippen molar-refractivity contribution in [3.63, 3.8) is 0 Å². The summed E-state index contributed by atoms with van der Waals surface area (Å²) in [6.45, 7) is 5.59. The lowest BCUT2D eigenvalue weighted by Gasteiger charge is -2.27. The highest BCUT2D eigenvalue weighted by molar-refractivity contribution is 7.19. The minimum absolute atomic E-state index is 0.805. The smallest absolute Gasteiger partial charge is 0.127 e. The minimum Gasteiger partial charge on any atom is -0.378 e. The topological polar surface area (TPSA) is 38.2 Å². The molecule has 18 heavy (non-hydrogen) atoms. The molecule has 2 aromatic rings. The number of nitrogens with zero attached hydrogens (tertiary/aromatic N) is 3. The van der Waals surface area contributed by atoms with E-state index in [0.29, 0.717) is 0 Å². The van der Waals surface area contributed by atoms with Gasteiger partial charge in [-0.1, -0.05) is 11.3 Å². The number of hydrogen-bond donors (Lipinski definition) is 0. The van der Waals surface area contributed by atoms with Crippen molar-refractivity contribution in [2.24, 2.45) is 0 Å². The van der Waals surface area contributed by atoms with Gasteiger partial charge in [-0.25, -0.2) is 4.98 Å². The van der Waals surface area contributed by atoms with E-state index in [-0.39, 0.29) is 0 Å². The van der Waals surface area contributed by atoms with Gasteiger partial charge in [-0.05, 0) is 19.1 Å². The SMILES string of the molecule is Cc1nc(-c2cccnc2)sc1N1CCOCC1. The van der Waals surface area contributed by atoms with E-state index in [4.69, 9.17) is 4.74 Å². The molecule has 1 aliphatic rings. The lowest BCUT2D eigenvalue weighted by atomic mass is 10.3. The molecule has 0 unspecified atom stereocenters. The third-order valence-corrected chi connectivity index (χ3v) is 4.25. The molecule has 5 heteroatoms. The van der Waals surface area contributed by atoms with Crippen molar-refractivity contribution < 1.29 is 4.74 Å². The number of morpholine rings is 1. The van der Waals surface area contributed by atoms with Gasteiger partial charge < -0.3 is 9.64 Å². The van der Waals surface area contributed by atoms with Crippen LogP contribution < -0.4 is 4.90 Å². The fraction of sp³-hybridized carbons (Fsp3) is 0.385. The summed E-state index contributed by atoms with van der Waals surface area (Å²) in [5, 5.41) is 2.30. The first kappa shape index (κ1) is 11.6. The average molecular weight is 261 g/mol. The number of pyridine rings is 1. The molecule has 4 nitrogen and oxygen atoms in total. The van der Waals surface area contributed by atoms with Gasteiger partial charge in [0, 0.05) is 31.0 Å². The van der Waals surface area contributed by atoms with Crippen molar-refractivity contribution in [3.8, 4) is 10.6 Å². The zero-order valence-corrected chi connectivity index (χ0v) is 11.1. The average Bonchev–Trinajstić information content (AvgIpc) is 2.83. The van der Waals surface area contributed by atoms with Crippen LogP contribution >= 0.6 is 11.3 Å². The van der Waals surface area contributed by atoms with Crippen LogP contribution in [0.2, 0.25) is 0 Å². The van der Waals surface area contributed by atoms with E-state index in [0.717, 1.165) is 42.6 Å². The monoisotopic (exact) mass is 261 g/mol. The molecule has 0 radical (unpaired) electrons. The highest BCUT2D eigenvalue weighted by Crippen LogP contribution is 2.34. The van der Waals surface area contributed by atoms with Gasteiger partial charge in [-0.2, -0.15) is 0 Å². The Balaban J connectivity index is 1.91. The molecule has 0 aliphatic carbocycles. The van der Waals surface area contributed by atoms with Gasteiger partial charge >= 0.3 is 0 Å². The number of thiazole rings is 1. The van der Waals surface area contributed by atoms with E-state index < -0.39 is 0 Å². The molecule has 0 atom stereocenters. The van der Waals surface area contributed by atoms with Crippen LogP contribution in [0.5, 0.6) is 0 Å². The molecule has 0 aromatic carbocycles. The van der Waals surface area contributed by atoms with Gasteiger partial charge in [0.15, 0.2) is 0 Å². The Bertz CT molecular complexity index is 520. The van der Waals surface area contributed by atoms with Crippen molar-refractivity contribution >= 4 is 16.3 Å². The third kappa shape index (κ3) is 2.23. The predicted octanol–water partition coefficient (Wildman–Crippen LogP) is 2.35. The van der Waals surface area contributed by atoms with Crippen molar-refractivity contribution in [1.29, 1.82) is 0 Å². The lowest BCUT2D eigenvalue weighted by molar-refractivity contribution is 0.123. The predicted molar refractivity (Wildman–Crippen MR) is 73.1 cm³/mol. The lowest BCUT2D eigenvalue weighted by Crippen LogP contribution is -2.36. The standard InChI is InChI=1S/C13H15N3OS/c1-10-13(16-5-7-17-8-6-16)18-12(15-10)11-3-2-4-14-9-11/h2-4,9H,5-8H2,1H3. The molecule has 2 aromatic heterocycles. The molecule has 0 amide bonds. The molecule has 0 saturated carbocycles. The van der Waals surface area contributed by atoms with Crippen molar-refractivity contribution in [2.75, 3.05) is 31.2 Å². The molecular formula is C13H15N3OS. The maximum Gasteiger partial charge on any atom is 0.127 e. The van der Waals surface area contributed by atoms with Crippen LogP contribution in [-0.2, 0) is 4.74 Å². The summed E-state index contributed by atoms with van der Waals surface area (Å²) in [5.74, 6) is 0. The van der Waals surface area contributed by atoms with Gasteiger partial charge in [-0.3, -0.25) is 4.98 Å². The highest BCUT2D eigenvalue weighted by Gasteiger charge is 2.17. The Morgan fingerprint density at radius 3 is 2.89 bits per heavy atom. The second-order valence-corrected chi connectivity index (χ2v) is 5.23. The number of ether oxygens (including phenoxy) is 1. The second kappa shape index (κ2) is 5.04. The van der Waals surface area contributed by atoms with Gasteiger partial charge in [0.2, 0.25) is 0 Å². The fourth-order valence-electron chi connectivity index (χ4n) is 2.06. The van der Waals surface area contributed by atoms with Crippen LogP contribution in [0, 0.1) is 6.92 Å². The zero-order valence-electron chi connectivity index (χ0n) is 10.3. The number of rotatable bonds is 2. The summed E-state index contributed by atoms with van der Waals surface area (Å²) in [7, 11) is 0. The van der Waals surface area contributed by atoms with Gasteiger partial charge in [0.1, 0.15) is 10.0 Å². The van der Waals surface area contributed by atoms with Crippen LogP contribution in [0.4, 0.5) is 5.00 Å². The van der Waals surface area contributed by atoms with Crippen molar-refractivity contribution in [1.82, 2.24) is 9.97 Å². The first-order valence-electron chi connectivity index (χ1n) is 6.05. The van der Waals surface area contributed by atoms with Crippen molar-refractivity contribution in [2.45, 2.75) is 6.92 Å². The molecule has 0 N–H and O–H groups in total. The normalized spacial score (nSPS) is 15.9. The first-order chi connectivity index (χ1) is 8.84. The Morgan fingerprint density at radius 2 is 2.17 bits per heavy atom. The molecule has 1 fully saturated rings. The minimum atomic E-state index is 0.805. The van der Waals surface area contributed by atoms with E-state index in [1.165, 1.54) is 5.00 Å². The summed E-state index contributed by atoms with van der Waals surface area (Å²) < 4.78 is 5.39. The Hall–Kier alpha value is -1.46. The van der Waals surface area contributed by atoms with Crippen LogP contribution in [0.15, 0.2) is 24.5 Å². The maximum absolute atomic E-state index is 5.39. The van der Waals surface area contributed by atoms with Gasteiger partial charge in [0.25, 0.3) is 0 Å². The maximum atomic E-state index is 5.39. The molecule has 3 rings (SSSR count). The Kier molecular flexibility index (Phi) is 3.25. The van der Waals surface area contributed by atoms with E-state index in [2.05, 4.69) is 21.8 Å². The molecule has 3 heterocycles. The first-order valence-corrected chi connectivity index (χ1v) is 6.87. The highest BCUT2D eigenvalue weighted by atomic mass is 32.1. The quantitative estimate of drug-likeness (QED) is 0.831. The summed E-state index contributed by atoms with van der Waals surface area (Å²) in [6, 6.07) is 3.99. The summed E-state index contributed by atoms with van der Waals surface area (Å²) in [4.78, 5) is 11.2. The number of hydrogen-bond acceptors (Lipinski definition) is 5. The van der Waals surface area contributed by atoms with Crippen LogP contribution in [0.3, 0.4) is 0 Å². The van der Waals surface area contributed by atoms with E-state index in [1.54, 1.807) is 17.5 Å². The summed E-state index contributed by atoms with van der Waals surface area (Å²) in [5.41, 5.74) is 2.19. The second-order valence-electron chi connectivity index (χ2n) is 4.25.